The van der Waals surface area contributed by atoms with Crippen LogP contribution in [0, 0.1) is 0 Å². The Kier molecular flexibility index (Phi) is 7.32. The molecule has 0 amide bonds. The lowest BCUT2D eigenvalue weighted by atomic mass is 9.22. The van der Waals surface area contributed by atoms with Crippen LogP contribution < -0.4 is 0 Å². The minimum Gasteiger partial charge on any atom is -0.248 e. The van der Waals surface area contributed by atoms with Gasteiger partial charge < -0.3 is 0 Å². The summed E-state index contributed by atoms with van der Waals surface area (Å²) in [7, 11) is 0. The first kappa shape index (κ1) is 23.4. The molecule has 0 bridgehead atoms. The molecule has 0 saturated heterocycles. The second-order valence-electron chi connectivity index (χ2n) is 8.59. The highest BCUT2D eigenvalue weighted by Crippen LogP contribution is 2.55. The molecule has 0 N–H and O–H groups in total. The van der Waals surface area contributed by atoms with Crippen LogP contribution in [0.4, 0.5) is 39.5 Å². The van der Waals surface area contributed by atoms with Gasteiger partial charge in [-0.2, -0.15) is 0 Å². The molecule has 0 radical (unpaired) electrons. The monoisotopic (exact) mass is 456 g/mol. The molecule has 168 valence electrons. The molecule has 0 heterocycles. The van der Waals surface area contributed by atoms with Gasteiger partial charge in [0.15, 0.2) is 6.71 Å². The van der Waals surface area contributed by atoms with Gasteiger partial charge in [-0.05, 0) is 25.1 Å². The van der Waals surface area contributed by atoms with Gasteiger partial charge >= 0.3 is 0 Å². The molecule has 0 aliphatic heterocycles. The van der Waals surface area contributed by atoms with Crippen molar-refractivity contribution in [1.29, 1.82) is 0 Å². The molecular formula is C18H23BClF9. The average Bonchev–Trinajstić information content (AvgIpc) is 2.64. The van der Waals surface area contributed by atoms with E-state index < -0.39 is 97.9 Å². The van der Waals surface area contributed by atoms with E-state index in [4.69, 9.17) is 11.6 Å². The van der Waals surface area contributed by atoms with Crippen LogP contribution in [0.5, 0.6) is 0 Å². The maximum atomic E-state index is 14.8. The van der Waals surface area contributed by atoms with Crippen LogP contribution in [0.3, 0.4) is 0 Å². The van der Waals surface area contributed by atoms with E-state index in [2.05, 4.69) is 0 Å². The minimum absolute atomic E-state index is 0.137. The van der Waals surface area contributed by atoms with Gasteiger partial charge in [0.05, 0.1) is 6.17 Å². The van der Waals surface area contributed by atoms with Crippen molar-refractivity contribution in [2.75, 3.05) is 0 Å². The fourth-order valence-electron chi connectivity index (χ4n) is 5.49. The SMILES string of the molecule is F[C@@H]1CCC[C@@H](Cl)C1B(C1[C@H](F)[C@H](F)C[C@@H](F)[C@H]1F)C1[C@H](F)[C@H](F)C[C@@H](F)[C@H]1F. The van der Waals surface area contributed by atoms with Gasteiger partial charge in [-0.25, -0.2) is 39.5 Å². The van der Waals surface area contributed by atoms with Gasteiger partial charge in [0.2, 0.25) is 0 Å². The highest BCUT2D eigenvalue weighted by molar-refractivity contribution is 6.66. The first-order valence-electron chi connectivity index (χ1n) is 9.97. The quantitative estimate of drug-likeness (QED) is 0.268. The zero-order chi connectivity index (χ0) is 21.6. The average molecular weight is 457 g/mol. The molecule has 0 nitrogen and oxygen atoms in total. The van der Waals surface area contributed by atoms with Crippen molar-refractivity contribution in [3.05, 3.63) is 0 Å². The molecular weight excluding hydrogens is 433 g/mol. The molecule has 0 aromatic carbocycles. The predicted molar refractivity (Wildman–Crippen MR) is 93.8 cm³/mol. The molecule has 3 rings (SSSR count). The van der Waals surface area contributed by atoms with E-state index >= 15 is 0 Å². The number of halogens is 10. The Morgan fingerprint density at radius 1 is 0.517 bits per heavy atom. The summed E-state index contributed by atoms with van der Waals surface area (Å²) < 4.78 is 130. The molecule has 0 aromatic heterocycles. The lowest BCUT2D eigenvalue weighted by molar-refractivity contribution is -0.00218. The van der Waals surface area contributed by atoms with Crippen LogP contribution in [0.25, 0.3) is 0 Å². The molecule has 1 unspecified atom stereocenters. The van der Waals surface area contributed by atoms with E-state index in [9.17, 15) is 39.5 Å². The highest BCUT2D eigenvalue weighted by atomic mass is 35.5. The molecule has 11 heteroatoms. The van der Waals surface area contributed by atoms with Crippen LogP contribution in [0.15, 0.2) is 0 Å². The fraction of sp³-hybridized carbons (Fsp3) is 1.00. The molecule has 11 atom stereocenters. The van der Waals surface area contributed by atoms with Gasteiger partial charge in [0.1, 0.15) is 49.4 Å². The van der Waals surface area contributed by atoms with E-state index in [0.717, 1.165) is 0 Å². The van der Waals surface area contributed by atoms with Gasteiger partial charge in [-0.15, -0.1) is 11.6 Å². The van der Waals surface area contributed by atoms with Crippen LogP contribution >= 0.6 is 11.6 Å². The molecule has 3 aliphatic rings. The van der Waals surface area contributed by atoms with Crippen LogP contribution in [0.1, 0.15) is 32.1 Å². The Morgan fingerprint density at radius 3 is 1.24 bits per heavy atom. The summed E-state index contributed by atoms with van der Waals surface area (Å²) in [5.74, 6) is -6.17. The maximum Gasteiger partial charge on any atom is 0.169 e. The van der Waals surface area contributed by atoms with E-state index in [-0.39, 0.29) is 12.8 Å². The van der Waals surface area contributed by atoms with Crippen molar-refractivity contribution in [1.82, 2.24) is 0 Å². The summed E-state index contributed by atoms with van der Waals surface area (Å²) in [6.45, 7) is -2.03. The van der Waals surface area contributed by atoms with E-state index in [1.807, 2.05) is 0 Å². The van der Waals surface area contributed by atoms with Gasteiger partial charge in [0, 0.05) is 29.9 Å². The van der Waals surface area contributed by atoms with Crippen LogP contribution in [-0.4, -0.2) is 67.6 Å². The Morgan fingerprint density at radius 2 is 0.897 bits per heavy atom. The lowest BCUT2D eigenvalue weighted by Gasteiger charge is -2.49. The first-order valence-corrected chi connectivity index (χ1v) is 10.4. The number of hydrogen-bond acceptors (Lipinski definition) is 0. The van der Waals surface area contributed by atoms with Gasteiger partial charge in [0.25, 0.3) is 0 Å². The molecule has 29 heavy (non-hydrogen) atoms. The smallest absolute Gasteiger partial charge is 0.169 e. The van der Waals surface area contributed by atoms with E-state index in [1.165, 1.54) is 0 Å². The van der Waals surface area contributed by atoms with Gasteiger partial charge in [-0.1, -0.05) is 0 Å². The van der Waals surface area contributed by atoms with Crippen molar-refractivity contribution < 1.29 is 39.5 Å². The molecule has 0 aromatic rings. The summed E-state index contributed by atoms with van der Waals surface area (Å²) in [6.07, 6.45) is -24.5. The summed E-state index contributed by atoms with van der Waals surface area (Å²) >= 11 is 6.14. The van der Waals surface area contributed by atoms with E-state index in [1.54, 1.807) is 0 Å². The maximum absolute atomic E-state index is 14.8. The standard InChI is InChI=1S/C18H23BClF9/c20-6-2-1-3-7(21)12(6)19(13-15(26)8(22)4-9(23)16(13)27)14-17(28)10(24)5-11(25)18(14)29/h6-18H,1-5H2/t6-,7-,8-,9-,10-,11-,12?,15-,16-,17-,18-/m1/s1. The number of alkyl halides is 10. The third-order valence-electron chi connectivity index (χ3n) is 6.88. The Labute approximate surface area is 169 Å². The van der Waals surface area contributed by atoms with Crippen LogP contribution in [-0.2, 0) is 0 Å². The van der Waals surface area contributed by atoms with E-state index in [0.29, 0.717) is 6.42 Å². The number of rotatable bonds is 3. The van der Waals surface area contributed by atoms with Crippen molar-refractivity contribution in [3.8, 4) is 0 Å². The summed E-state index contributed by atoms with van der Waals surface area (Å²) in [5.41, 5.74) is 0. The number of hydrogen-bond donors (Lipinski definition) is 0. The van der Waals surface area contributed by atoms with Crippen molar-refractivity contribution in [2.24, 2.45) is 0 Å². The zero-order valence-corrected chi connectivity index (χ0v) is 16.2. The highest BCUT2D eigenvalue weighted by Gasteiger charge is 2.62. The predicted octanol–water partition coefficient (Wildman–Crippen LogP) is 6.23. The molecule has 3 saturated carbocycles. The first-order chi connectivity index (χ1) is 13.6. The topological polar surface area (TPSA) is 0 Å². The van der Waals surface area contributed by atoms with Gasteiger partial charge in [-0.3, -0.25) is 0 Å². The molecule has 0 spiro atoms. The zero-order valence-electron chi connectivity index (χ0n) is 15.4. The molecule has 3 fully saturated rings. The van der Waals surface area contributed by atoms with Crippen LogP contribution in [0.2, 0.25) is 17.5 Å². The van der Waals surface area contributed by atoms with Crippen molar-refractivity contribution >= 4 is 18.3 Å². The Bertz CT molecular complexity index is 487. The third-order valence-corrected chi connectivity index (χ3v) is 7.39. The fourth-order valence-corrected chi connectivity index (χ4v) is 5.97. The largest absolute Gasteiger partial charge is 0.248 e. The van der Waals surface area contributed by atoms with Crippen molar-refractivity contribution in [3.63, 3.8) is 0 Å². The summed E-state index contributed by atoms with van der Waals surface area (Å²) in [4.78, 5) is 0. The normalized spacial score (nSPS) is 54.2. The second kappa shape index (κ2) is 9.07. The third kappa shape index (κ3) is 4.25. The Balaban J connectivity index is 2.08. The van der Waals surface area contributed by atoms with Crippen molar-refractivity contribution in [2.45, 2.75) is 110 Å². The summed E-state index contributed by atoms with van der Waals surface area (Å²) in [5, 5.41) is -1.14. The Hall–Kier alpha value is -0.275. The second-order valence-corrected chi connectivity index (χ2v) is 9.15. The minimum atomic E-state index is -2.70. The summed E-state index contributed by atoms with van der Waals surface area (Å²) in [6, 6.07) is 0. The molecule has 3 aliphatic carbocycles. The lowest BCUT2D eigenvalue weighted by Crippen LogP contribution is -2.59.